The highest BCUT2D eigenvalue weighted by atomic mass is 32.1. The van der Waals surface area contributed by atoms with Gasteiger partial charge >= 0.3 is 0 Å². The molecule has 0 atom stereocenters. The van der Waals surface area contributed by atoms with Crippen LogP contribution in [0.15, 0.2) is 54.6 Å². The van der Waals surface area contributed by atoms with Crippen LogP contribution in [0.5, 0.6) is 0 Å². The zero-order valence-electron chi connectivity index (χ0n) is 17.4. The number of quaternary nitrogens is 2. The molecule has 0 unspecified atom stereocenters. The Bertz CT molecular complexity index is 1000. The van der Waals surface area contributed by atoms with E-state index in [1.807, 2.05) is 17.8 Å². The molecule has 0 radical (unpaired) electrons. The lowest BCUT2D eigenvalue weighted by Crippen LogP contribution is -3.27. The van der Waals surface area contributed by atoms with E-state index in [1.165, 1.54) is 29.8 Å². The minimum atomic E-state index is 0.817. The second-order valence-electron chi connectivity index (χ2n) is 8.24. The molecule has 1 fully saturated rings. The molecule has 1 saturated heterocycles. The van der Waals surface area contributed by atoms with Gasteiger partial charge in [0.2, 0.25) is 4.77 Å². The standard InChI is InChI=1S/C23H29N5S/c1-19-7-6-10-21(15-19)17-26-11-13-27(14-12-26)18-28-23(29)25(2)22(24-28)16-20-8-4-3-5-9-20/h3-10,15H,11-14,16-18H2,1-2H3/p+2. The molecular formula is C23H31N5S+2. The summed E-state index contributed by atoms with van der Waals surface area (Å²) in [6.45, 7) is 8.86. The number of nitrogens with zero attached hydrogens (tertiary/aromatic N) is 3. The van der Waals surface area contributed by atoms with Crippen LogP contribution in [0.4, 0.5) is 0 Å². The summed E-state index contributed by atoms with van der Waals surface area (Å²) in [5, 5.41) is 4.84. The summed E-state index contributed by atoms with van der Waals surface area (Å²) >= 11 is 5.67. The highest BCUT2D eigenvalue weighted by molar-refractivity contribution is 7.71. The van der Waals surface area contributed by atoms with Gasteiger partial charge in [-0.05, 0) is 24.7 Å². The van der Waals surface area contributed by atoms with Gasteiger partial charge in [0, 0.05) is 19.0 Å². The molecule has 152 valence electrons. The molecule has 2 N–H and O–H groups in total. The average Bonchev–Trinajstić information content (AvgIpc) is 2.98. The van der Waals surface area contributed by atoms with Crippen molar-refractivity contribution in [2.24, 2.45) is 7.05 Å². The number of hydrogen-bond acceptors (Lipinski definition) is 2. The topological polar surface area (TPSA) is 31.6 Å². The van der Waals surface area contributed by atoms with Crippen molar-refractivity contribution in [3.05, 3.63) is 81.9 Å². The molecule has 4 rings (SSSR count). The van der Waals surface area contributed by atoms with Crippen molar-refractivity contribution in [2.45, 2.75) is 26.6 Å². The van der Waals surface area contributed by atoms with Crippen LogP contribution < -0.4 is 9.80 Å². The highest BCUT2D eigenvalue weighted by Gasteiger charge is 2.24. The van der Waals surface area contributed by atoms with Gasteiger partial charge in [0.1, 0.15) is 38.5 Å². The van der Waals surface area contributed by atoms with Gasteiger partial charge in [-0.25, -0.2) is 0 Å². The summed E-state index contributed by atoms with van der Waals surface area (Å²) in [4.78, 5) is 3.24. The second-order valence-corrected chi connectivity index (χ2v) is 8.61. The van der Waals surface area contributed by atoms with Gasteiger partial charge in [-0.15, -0.1) is 0 Å². The van der Waals surface area contributed by atoms with E-state index in [4.69, 9.17) is 17.3 Å². The first-order valence-corrected chi connectivity index (χ1v) is 10.9. The minimum Gasteiger partial charge on any atom is -0.322 e. The molecule has 1 aliphatic rings. The fourth-order valence-electron chi connectivity index (χ4n) is 4.18. The van der Waals surface area contributed by atoms with E-state index in [1.54, 1.807) is 9.80 Å². The van der Waals surface area contributed by atoms with Crippen LogP contribution >= 0.6 is 12.2 Å². The van der Waals surface area contributed by atoms with Gasteiger partial charge in [-0.3, -0.25) is 0 Å². The molecule has 3 aromatic rings. The normalized spacial score (nSPS) is 19.4. The zero-order chi connectivity index (χ0) is 20.2. The van der Waals surface area contributed by atoms with Gasteiger partial charge in [-0.2, -0.15) is 9.78 Å². The quantitative estimate of drug-likeness (QED) is 0.590. The first kappa shape index (κ1) is 20.0. The Hall–Kier alpha value is -2.28. The average molecular weight is 410 g/mol. The van der Waals surface area contributed by atoms with Crippen LogP contribution in [0.2, 0.25) is 0 Å². The first-order valence-electron chi connectivity index (χ1n) is 10.5. The van der Waals surface area contributed by atoms with E-state index >= 15 is 0 Å². The molecule has 0 bridgehead atoms. The molecule has 0 saturated carbocycles. The van der Waals surface area contributed by atoms with Gasteiger partial charge in [0.05, 0.1) is 0 Å². The van der Waals surface area contributed by atoms with Crippen molar-refractivity contribution in [3.63, 3.8) is 0 Å². The molecular weight excluding hydrogens is 378 g/mol. The van der Waals surface area contributed by atoms with Gasteiger partial charge in [0.25, 0.3) is 0 Å². The highest BCUT2D eigenvalue weighted by Crippen LogP contribution is 2.07. The molecule has 2 heterocycles. The smallest absolute Gasteiger partial charge is 0.202 e. The van der Waals surface area contributed by atoms with Crippen LogP contribution in [0.1, 0.15) is 22.5 Å². The van der Waals surface area contributed by atoms with E-state index in [2.05, 4.69) is 60.0 Å². The van der Waals surface area contributed by atoms with Crippen LogP contribution in [0, 0.1) is 11.7 Å². The Balaban J connectivity index is 1.34. The number of piperazine rings is 1. The van der Waals surface area contributed by atoms with E-state index in [0.717, 1.165) is 43.3 Å². The molecule has 1 aromatic heterocycles. The lowest BCUT2D eigenvalue weighted by atomic mass is 10.1. The Labute approximate surface area is 178 Å². The van der Waals surface area contributed by atoms with Crippen molar-refractivity contribution in [2.75, 3.05) is 26.2 Å². The van der Waals surface area contributed by atoms with E-state index in [0.29, 0.717) is 0 Å². The molecule has 0 amide bonds. The third-order valence-electron chi connectivity index (χ3n) is 5.91. The fourth-order valence-corrected chi connectivity index (χ4v) is 4.39. The van der Waals surface area contributed by atoms with Crippen LogP contribution in [0.25, 0.3) is 0 Å². The number of rotatable bonds is 6. The van der Waals surface area contributed by atoms with Gasteiger partial charge in [0.15, 0.2) is 6.67 Å². The summed E-state index contributed by atoms with van der Waals surface area (Å²) in [5.41, 5.74) is 4.06. The number of aromatic nitrogens is 3. The third kappa shape index (κ3) is 5.01. The van der Waals surface area contributed by atoms with Gasteiger partial charge < -0.3 is 14.4 Å². The Morgan fingerprint density at radius 3 is 2.34 bits per heavy atom. The number of hydrogen-bond donors (Lipinski definition) is 2. The fraction of sp³-hybridized carbons (Fsp3) is 0.391. The summed E-state index contributed by atoms with van der Waals surface area (Å²) in [6.07, 6.45) is 0.817. The molecule has 2 aromatic carbocycles. The Kier molecular flexibility index (Phi) is 6.23. The third-order valence-corrected chi connectivity index (χ3v) is 6.39. The molecule has 0 spiro atoms. The lowest BCUT2D eigenvalue weighted by Gasteiger charge is -2.29. The number of nitrogens with one attached hydrogen (secondary N) is 2. The molecule has 29 heavy (non-hydrogen) atoms. The van der Waals surface area contributed by atoms with Crippen molar-refractivity contribution in [1.29, 1.82) is 0 Å². The SMILES string of the molecule is Cc1cccc(C[NH+]2CC[NH+](Cn3nc(Cc4ccccc4)n(C)c3=S)CC2)c1. The first-order chi connectivity index (χ1) is 14.1. The van der Waals surface area contributed by atoms with Crippen molar-refractivity contribution >= 4 is 12.2 Å². The van der Waals surface area contributed by atoms with Crippen molar-refractivity contribution in [1.82, 2.24) is 14.3 Å². The molecule has 1 aliphatic heterocycles. The van der Waals surface area contributed by atoms with Crippen LogP contribution in [0.3, 0.4) is 0 Å². The number of benzene rings is 2. The summed E-state index contributed by atoms with van der Waals surface area (Å²) < 4.78 is 4.90. The predicted molar refractivity (Wildman–Crippen MR) is 118 cm³/mol. The van der Waals surface area contributed by atoms with Gasteiger partial charge in [-0.1, -0.05) is 60.2 Å². The largest absolute Gasteiger partial charge is 0.322 e. The summed E-state index contributed by atoms with van der Waals surface area (Å²) in [5.74, 6) is 1.03. The zero-order valence-corrected chi connectivity index (χ0v) is 18.2. The Morgan fingerprint density at radius 2 is 1.62 bits per heavy atom. The predicted octanol–water partition coefficient (Wildman–Crippen LogP) is 0.791. The van der Waals surface area contributed by atoms with E-state index < -0.39 is 0 Å². The second kappa shape index (κ2) is 9.03. The lowest BCUT2D eigenvalue weighted by molar-refractivity contribution is -1.03. The van der Waals surface area contributed by atoms with E-state index in [-0.39, 0.29) is 0 Å². The summed E-state index contributed by atoms with van der Waals surface area (Å²) in [7, 11) is 2.03. The number of aryl methyl sites for hydroxylation is 1. The van der Waals surface area contributed by atoms with Crippen LogP contribution in [-0.4, -0.2) is 40.5 Å². The molecule has 6 heteroatoms. The maximum Gasteiger partial charge on any atom is 0.202 e. The summed E-state index contributed by atoms with van der Waals surface area (Å²) in [6, 6.07) is 19.4. The molecule has 5 nitrogen and oxygen atoms in total. The minimum absolute atomic E-state index is 0.817. The monoisotopic (exact) mass is 409 g/mol. The van der Waals surface area contributed by atoms with Crippen molar-refractivity contribution in [3.8, 4) is 0 Å². The Morgan fingerprint density at radius 1 is 0.931 bits per heavy atom. The maximum atomic E-state index is 5.67. The van der Waals surface area contributed by atoms with E-state index in [9.17, 15) is 0 Å². The van der Waals surface area contributed by atoms with Crippen molar-refractivity contribution < 1.29 is 9.80 Å². The molecule has 0 aliphatic carbocycles. The van der Waals surface area contributed by atoms with Crippen LogP contribution in [-0.2, 0) is 26.7 Å². The maximum absolute atomic E-state index is 5.67.